The van der Waals surface area contributed by atoms with Crippen molar-refractivity contribution in [2.24, 2.45) is 0 Å². The molecule has 1 aromatic carbocycles. The number of hydrogen-bond donors (Lipinski definition) is 0. The van der Waals surface area contributed by atoms with Crippen molar-refractivity contribution in [2.75, 3.05) is 27.2 Å². The van der Waals surface area contributed by atoms with Crippen molar-refractivity contribution in [3.05, 3.63) is 60.0 Å². The van der Waals surface area contributed by atoms with E-state index in [0.717, 1.165) is 49.0 Å². The van der Waals surface area contributed by atoms with Crippen molar-refractivity contribution in [1.82, 2.24) is 29.5 Å². The number of para-hydroxylation sites is 1. The van der Waals surface area contributed by atoms with Gasteiger partial charge < -0.3 is 14.2 Å². The third-order valence-electron chi connectivity index (χ3n) is 6.69. The largest absolute Gasteiger partial charge is 0.454 e. The summed E-state index contributed by atoms with van der Waals surface area (Å²) in [4.78, 5) is 26.8. The number of nitrogens with zero attached hydrogens (tertiary/aromatic N) is 6. The Bertz CT molecular complexity index is 1300. The van der Waals surface area contributed by atoms with E-state index in [2.05, 4.69) is 29.1 Å². The SMILES string of the molecule is CN(C)[C@@H]1CCN(C(=O)c2cnn(-c3nccc(-c4cc5ccccc5o4)n3)c2C2CC2)C1. The van der Waals surface area contributed by atoms with E-state index in [0.29, 0.717) is 34.9 Å². The van der Waals surface area contributed by atoms with Crippen molar-refractivity contribution in [3.8, 4) is 17.4 Å². The molecule has 33 heavy (non-hydrogen) atoms. The predicted octanol–water partition coefficient (Wildman–Crippen LogP) is 3.73. The quantitative estimate of drug-likeness (QED) is 0.469. The minimum Gasteiger partial charge on any atom is -0.454 e. The molecule has 1 aliphatic heterocycles. The Morgan fingerprint density at radius 1 is 1.15 bits per heavy atom. The molecular formula is C25H26N6O2. The first kappa shape index (κ1) is 20.1. The maximum Gasteiger partial charge on any atom is 0.257 e. The molecule has 1 amide bonds. The fourth-order valence-corrected chi connectivity index (χ4v) is 4.65. The second kappa shape index (κ2) is 7.81. The average Bonchev–Trinajstić information content (AvgIpc) is 3.25. The molecule has 1 saturated carbocycles. The first-order valence-corrected chi connectivity index (χ1v) is 11.4. The second-order valence-electron chi connectivity index (χ2n) is 9.18. The van der Waals surface area contributed by atoms with Crippen molar-refractivity contribution < 1.29 is 9.21 Å². The lowest BCUT2D eigenvalue weighted by atomic mass is 10.1. The molecule has 0 radical (unpaired) electrons. The zero-order valence-corrected chi connectivity index (χ0v) is 18.8. The Morgan fingerprint density at radius 3 is 2.76 bits per heavy atom. The molecule has 8 heteroatoms. The van der Waals surface area contributed by atoms with Crippen LogP contribution in [0.1, 0.15) is 41.2 Å². The van der Waals surface area contributed by atoms with Gasteiger partial charge in [-0.2, -0.15) is 5.10 Å². The predicted molar refractivity (Wildman–Crippen MR) is 124 cm³/mol. The topological polar surface area (TPSA) is 80.3 Å². The van der Waals surface area contributed by atoms with E-state index in [1.807, 2.05) is 41.3 Å². The number of rotatable bonds is 5. The van der Waals surface area contributed by atoms with Crippen molar-refractivity contribution in [3.63, 3.8) is 0 Å². The monoisotopic (exact) mass is 442 g/mol. The molecule has 2 fully saturated rings. The van der Waals surface area contributed by atoms with Gasteiger partial charge in [0.15, 0.2) is 5.76 Å². The maximum absolute atomic E-state index is 13.4. The second-order valence-corrected chi connectivity index (χ2v) is 9.18. The zero-order valence-electron chi connectivity index (χ0n) is 18.8. The summed E-state index contributed by atoms with van der Waals surface area (Å²) in [5.74, 6) is 1.52. The van der Waals surface area contributed by atoms with Gasteiger partial charge in [-0.15, -0.1) is 0 Å². The van der Waals surface area contributed by atoms with Gasteiger partial charge in [0.25, 0.3) is 11.9 Å². The highest BCUT2D eigenvalue weighted by Gasteiger charge is 2.36. The van der Waals surface area contributed by atoms with Crippen molar-refractivity contribution >= 4 is 16.9 Å². The van der Waals surface area contributed by atoms with E-state index < -0.39 is 0 Å². The van der Waals surface area contributed by atoms with E-state index in [9.17, 15) is 4.79 Å². The summed E-state index contributed by atoms with van der Waals surface area (Å²) in [5, 5.41) is 5.60. The van der Waals surface area contributed by atoms with Gasteiger partial charge in [-0.05, 0) is 51.6 Å². The summed E-state index contributed by atoms with van der Waals surface area (Å²) < 4.78 is 7.74. The lowest BCUT2D eigenvalue weighted by molar-refractivity contribution is 0.0782. The highest BCUT2D eigenvalue weighted by molar-refractivity contribution is 5.95. The lowest BCUT2D eigenvalue weighted by Crippen LogP contribution is -2.34. The Balaban J connectivity index is 1.35. The van der Waals surface area contributed by atoms with Crippen LogP contribution in [0.5, 0.6) is 0 Å². The average molecular weight is 443 g/mol. The maximum atomic E-state index is 13.4. The summed E-state index contributed by atoms with van der Waals surface area (Å²) in [6.45, 7) is 1.52. The van der Waals surface area contributed by atoms with Gasteiger partial charge in [-0.25, -0.2) is 14.6 Å². The summed E-state index contributed by atoms with van der Waals surface area (Å²) in [7, 11) is 4.14. The smallest absolute Gasteiger partial charge is 0.257 e. The van der Waals surface area contributed by atoms with Gasteiger partial charge in [0.05, 0.1) is 17.5 Å². The molecule has 168 valence electrons. The van der Waals surface area contributed by atoms with Crippen LogP contribution in [0.25, 0.3) is 28.4 Å². The number of carbonyl (C=O) groups excluding carboxylic acids is 1. The molecular weight excluding hydrogens is 416 g/mol. The molecule has 1 saturated heterocycles. The van der Waals surface area contributed by atoms with Crippen molar-refractivity contribution in [1.29, 1.82) is 0 Å². The van der Waals surface area contributed by atoms with Gasteiger partial charge in [-0.1, -0.05) is 18.2 Å². The van der Waals surface area contributed by atoms with E-state index in [-0.39, 0.29) is 5.91 Å². The Morgan fingerprint density at radius 2 is 2.00 bits per heavy atom. The minimum absolute atomic E-state index is 0.0564. The molecule has 0 unspecified atom stereocenters. The molecule has 1 aliphatic carbocycles. The molecule has 0 N–H and O–H groups in total. The summed E-state index contributed by atoms with van der Waals surface area (Å²) >= 11 is 0. The summed E-state index contributed by atoms with van der Waals surface area (Å²) in [6, 6.07) is 12.1. The summed E-state index contributed by atoms with van der Waals surface area (Å²) in [5.41, 5.74) is 3.11. The highest BCUT2D eigenvalue weighted by atomic mass is 16.3. The van der Waals surface area contributed by atoms with Gasteiger partial charge >= 0.3 is 0 Å². The fourth-order valence-electron chi connectivity index (χ4n) is 4.65. The Kier molecular flexibility index (Phi) is 4.76. The number of fused-ring (bicyclic) bond motifs is 1. The third-order valence-corrected chi connectivity index (χ3v) is 6.69. The van der Waals surface area contributed by atoms with E-state index in [1.165, 1.54) is 0 Å². The number of aromatic nitrogens is 4. The van der Waals surface area contributed by atoms with Gasteiger partial charge in [0.2, 0.25) is 0 Å². The summed E-state index contributed by atoms with van der Waals surface area (Å²) in [6.07, 6.45) is 6.50. The van der Waals surface area contributed by atoms with Gasteiger partial charge in [-0.3, -0.25) is 4.79 Å². The molecule has 8 nitrogen and oxygen atoms in total. The van der Waals surface area contributed by atoms with Crippen LogP contribution in [-0.4, -0.2) is 68.7 Å². The molecule has 0 spiro atoms. The van der Waals surface area contributed by atoms with Crippen LogP contribution >= 0.6 is 0 Å². The standard InChI is InChI=1S/C25H26N6O2/c1-29(2)18-10-12-30(15-18)24(32)19-14-27-31(23(19)16-7-8-16)25-26-11-9-20(28-25)22-13-17-5-3-4-6-21(17)33-22/h3-6,9,11,13-14,16,18H,7-8,10,12,15H2,1-2H3/t18-/m1/s1. The molecule has 1 atom stereocenters. The number of likely N-dealkylation sites (N-methyl/N-ethyl adjacent to an activating group) is 1. The minimum atomic E-state index is 0.0564. The van der Waals surface area contributed by atoms with Crippen LogP contribution < -0.4 is 0 Å². The zero-order chi connectivity index (χ0) is 22.5. The number of carbonyl (C=O) groups is 1. The molecule has 2 aliphatic rings. The van der Waals surface area contributed by atoms with E-state index in [1.54, 1.807) is 17.1 Å². The number of hydrogen-bond acceptors (Lipinski definition) is 6. The molecule has 0 bridgehead atoms. The number of amides is 1. The van der Waals surface area contributed by atoms with Crippen LogP contribution in [0.4, 0.5) is 0 Å². The van der Waals surface area contributed by atoms with Crippen LogP contribution in [0, 0.1) is 0 Å². The van der Waals surface area contributed by atoms with Gasteiger partial charge in [0.1, 0.15) is 11.3 Å². The highest BCUT2D eigenvalue weighted by Crippen LogP contribution is 2.42. The number of likely N-dealkylation sites (tertiary alicyclic amines) is 1. The Labute approximate surface area is 191 Å². The van der Waals surface area contributed by atoms with Gasteiger partial charge in [0, 0.05) is 36.6 Å². The molecule has 3 aromatic heterocycles. The van der Waals surface area contributed by atoms with Crippen molar-refractivity contribution in [2.45, 2.75) is 31.2 Å². The van der Waals surface area contributed by atoms with E-state index in [4.69, 9.17) is 9.40 Å². The first-order valence-electron chi connectivity index (χ1n) is 11.4. The first-order chi connectivity index (χ1) is 16.1. The van der Waals surface area contributed by atoms with Crippen LogP contribution in [0.3, 0.4) is 0 Å². The molecule has 4 aromatic rings. The normalized spacial score (nSPS) is 18.5. The van der Waals surface area contributed by atoms with Crippen LogP contribution in [0.15, 0.2) is 53.2 Å². The number of furan rings is 1. The fraction of sp³-hybridized carbons (Fsp3) is 0.360. The van der Waals surface area contributed by atoms with E-state index >= 15 is 0 Å². The van der Waals surface area contributed by atoms with Crippen LogP contribution in [0.2, 0.25) is 0 Å². The van der Waals surface area contributed by atoms with Crippen LogP contribution in [-0.2, 0) is 0 Å². The lowest BCUT2D eigenvalue weighted by Gasteiger charge is -2.20. The molecule has 4 heterocycles. The third kappa shape index (κ3) is 3.60. The number of benzene rings is 1. The Hall–Kier alpha value is -3.52. The molecule has 6 rings (SSSR count).